The molecule has 1 unspecified atom stereocenters. The first kappa shape index (κ1) is 12.2. The van der Waals surface area contributed by atoms with Gasteiger partial charge in [0.25, 0.3) is 0 Å². The van der Waals surface area contributed by atoms with Gasteiger partial charge in [-0.1, -0.05) is 6.92 Å². The molecule has 3 aromatic rings. The third kappa shape index (κ3) is 1.85. The van der Waals surface area contributed by atoms with Crippen LogP contribution in [0.4, 0.5) is 11.6 Å². The maximum absolute atomic E-state index is 5.34. The van der Waals surface area contributed by atoms with Crippen LogP contribution in [-0.4, -0.2) is 21.6 Å². The number of ether oxygens (including phenoxy) is 1. The Hall–Kier alpha value is -2.56. The first-order valence-corrected chi connectivity index (χ1v) is 7.02. The molecule has 3 heterocycles. The van der Waals surface area contributed by atoms with Crippen LogP contribution in [0.5, 0.6) is 5.75 Å². The molecule has 106 valence electrons. The summed E-state index contributed by atoms with van der Waals surface area (Å²) < 4.78 is 7.48. The van der Waals surface area contributed by atoms with Crippen molar-refractivity contribution >= 4 is 22.8 Å². The van der Waals surface area contributed by atoms with Gasteiger partial charge in [0.1, 0.15) is 11.3 Å². The van der Waals surface area contributed by atoms with Gasteiger partial charge in [0, 0.05) is 24.3 Å². The third-order valence-corrected chi connectivity index (χ3v) is 4.00. The van der Waals surface area contributed by atoms with E-state index in [1.807, 2.05) is 30.5 Å². The van der Waals surface area contributed by atoms with E-state index in [-0.39, 0.29) is 0 Å². The number of nitrogens with one attached hydrogen (secondary N) is 1. The molecule has 0 fully saturated rings. The number of imidazole rings is 1. The van der Waals surface area contributed by atoms with Crippen molar-refractivity contribution in [3.63, 3.8) is 0 Å². The quantitative estimate of drug-likeness (QED) is 0.743. The number of rotatable bonds is 1. The molecule has 1 aromatic carbocycles. The van der Waals surface area contributed by atoms with Gasteiger partial charge in [0.2, 0.25) is 5.95 Å². The van der Waals surface area contributed by atoms with Crippen LogP contribution < -0.4 is 10.1 Å². The summed E-state index contributed by atoms with van der Waals surface area (Å²) in [6.07, 6.45) is 1.81. The minimum Gasteiger partial charge on any atom is -0.497 e. The molecule has 5 nitrogen and oxygen atoms in total. The Balaban J connectivity index is 1.89. The molecule has 2 aromatic heterocycles. The lowest BCUT2D eigenvalue weighted by atomic mass is 9.99. The number of aromatic nitrogens is 3. The zero-order valence-electron chi connectivity index (χ0n) is 12.0. The highest BCUT2D eigenvalue weighted by molar-refractivity contribution is 5.77. The van der Waals surface area contributed by atoms with Crippen LogP contribution in [-0.2, 0) is 6.54 Å². The van der Waals surface area contributed by atoms with E-state index in [0.29, 0.717) is 5.92 Å². The van der Waals surface area contributed by atoms with Gasteiger partial charge in [-0.3, -0.25) is 4.57 Å². The molecule has 0 saturated carbocycles. The normalized spacial score (nSPS) is 16.8. The zero-order chi connectivity index (χ0) is 14.4. The number of pyridine rings is 1. The molecule has 21 heavy (non-hydrogen) atoms. The fraction of sp³-hybridized carbons (Fsp3) is 0.250. The standard InChI is InChI=1S/C16H16N4O/c1-10-9-20-15-14(4-3-7-17-15)19-16(20)18-13-6-5-11(21-2)8-12(10)13/h3-8,10H,9H2,1-2H3,(H,18,19). The molecule has 1 atom stereocenters. The highest BCUT2D eigenvalue weighted by Crippen LogP contribution is 2.36. The lowest BCUT2D eigenvalue weighted by Crippen LogP contribution is -2.05. The first-order chi connectivity index (χ1) is 10.3. The average molecular weight is 280 g/mol. The van der Waals surface area contributed by atoms with Crippen LogP contribution in [0.1, 0.15) is 18.4 Å². The predicted molar refractivity (Wildman–Crippen MR) is 82.2 cm³/mol. The second-order valence-electron chi connectivity index (χ2n) is 5.37. The highest BCUT2D eigenvalue weighted by atomic mass is 16.5. The number of methoxy groups -OCH3 is 1. The van der Waals surface area contributed by atoms with Gasteiger partial charge < -0.3 is 10.1 Å². The van der Waals surface area contributed by atoms with Crippen molar-refractivity contribution in [3.05, 3.63) is 42.1 Å². The molecular weight excluding hydrogens is 264 g/mol. The lowest BCUT2D eigenvalue weighted by Gasteiger charge is -2.14. The minimum atomic E-state index is 0.350. The Morgan fingerprint density at radius 2 is 2.24 bits per heavy atom. The molecular formula is C16H16N4O. The van der Waals surface area contributed by atoms with Crippen molar-refractivity contribution in [1.29, 1.82) is 0 Å². The van der Waals surface area contributed by atoms with Crippen LogP contribution in [0.15, 0.2) is 36.5 Å². The van der Waals surface area contributed by atoms with E-state index in [9.17, 15) is 0 Å². The smallest absolute Gasteiger partial charge is 0.209 e. The zero-order valence-corrected chi connectivity index (χ0v) is 12.0. The Bertz CT molecular complexity index is 824. The van der Waals surface area contributed by atoms with E-state index in [2.05, 4.69) is 32.8 Å². The Labute approximate surface area is 122 Å². The number of fused-ring (bicyclic) bond motifs is 4. The van der Waals surface area contributed by atoms with Crippen molar-refractivity contribution in [3.8, 4) is 5.75 Å². The van der Waals surface area contributed by atoms with Crippen LogP contribution in [0.25, 0.3) is 11.2 Å². The van der Waals surface area contributed by atoms with Gasteiger partial charge in [0.15, 0.2) is 5.65 Å². The topological polar surface area (TPSA) is 52.0 Å². The summed E-state index contributed by atoms with van der Waals surface area (Å²) in [7, 11) is 1.69. The van der Waals surface area contributed by atoms with Crippen molar-refractivity contribution in [1.82, 2.24) is 14.5 Å². The molecule has 0 amide bonds. The molecule has 0 saturated heterocycles. The third-order valence-electron chi connectivity index (χ3n) is 4.00. The van der Waals surface area contributed by atoms with Gasteiger partial charge in [-0.05, 0) is 35.9 Å². The van der Waals surface area contributed by atoms with E-state index in [0.717, 1.165) is 35.1 Å². The fourth-order valence-electron chi connectivity index (χ4n) is 2.91. The molecule has 1 aliphatic heterocycles. The molecule has 0 bridgehead atoms. The summed E-state index contributed by atoms with van der Waals surface area (Å²) in [4.78, 5) is 9.11. The minimum absolute atomic E-state index is 0.350. The van der Waals surface area contributed by atoms with Gasteiger partial charge in [-0.25, -0.2) is 9.97 Å². The van der Waals surface area contributed by atoms with Gasteiger partial charge in [-0.15, -0.1) is 0 Å². The predicted octanol–water partition coefficient (Wildman–Crippen LogP) is 3.30. The van der Waals surface area contributed by atoms with E-state index in [1.165, 1.54) is 5.56 Å². The lowest BCUT2D eigenvalue weighted by molar-refractivity contribution is 0.414. The summed E-state index contributed by atoms with van der Waals surface area (Å²) in [5.74, 6) is 2.08. The number of hydrogen-bond acceptors (Lipinski definition) is 4. The number of nitrogens with zero attached hydrogens (tertiary/aromatic N) is 3. The average Bonchev–Trinajstić information content (AvgIpc) is 2.78. The Kier molecular flexibility index (Phi) is 2.60. The number of anilines is 2. The van der Waals surface area contributed by atoms with Gasteiger partial charge in [0.05, 0.1) is 7.11 Å². The first-order valence-electron chi connectivity index (χ1n) is 7.02. The highest BCUT2D eigenvalue weighted by Gasteiger charge is 2.22. The van der Waals surface area contributed by atoms with Crippen LogP contribution in [0, 0.1) is 0 Å². The Morgan fingerprint density at radius 1 is 1.33 bits per heavy atom. The molecule has 4 rings (SSSR count). The molecule has 1 aliphatic rings. The summed E-state index contributed by atoms with van der Waals surface area (Å²) in [6, 6.07) is 10.0. The van der Waals surface area contributed by atoms with Gasteiger partial charge >= 0.3 is 0 Å². The molecule has 5 heteroatoms. The molecule has 0 spiro atoms. The maximum atomic E-state index is 5.34. The van der Waals surface area contributed by atoms with Crippen molar-refractivity contribution < 1.29 is 4.74 Å². The van der Waals surface area contributed by atoms with Crippen molar-refractivity contribution in [2.75, 3.05) is 12.4 Å². The molecule has 0 aliphatic carbocycles. The van der Waals surface area contributed by atoms with E-state index in [1.54, 1.807) is 7.11 Å². The van der Waals surface area contributed by atoms with Crippen molar-refractivity contribution in [2.45, 2.75) is 19.4 Å². The summed E-state index contributed by atoms with van der Waals surface area (Å²) in [5, 5.41) is 3.43. The van der Waals surface area contributed by atoms with Crippen LogP contribution in [0.3, 0.4) is 0 Å². The summed E-state index contributed by atoms with van der Waals surface area (Å²) in [5.41, 5.74) is 4.16. The van der Waals surface area contributed by atoms with Gasteiger partial charge in [-0.2, -0.15) is 0 Å². The maximum Gasteiger partial charge on any atom is 0.209 e. The second-order valence-corrected chi connectivity index (χ2v) is 5.37. The fourth-order valence-corrected chi connectivity index (χ4v) is 2.91. The number of hydrogen-bond donors (Lipinski definition) is 1. The van der Waals surface area contributed by atoms with E-state index < -0.39 is 0 Å². The van der Waals surface area contributed by atoms with Crippen molar-refractivity contribution in [2.24, 2.45) is 0 Å². The molecule has 0 radical (unpaired) electrons. The Morgan fingerprint density at radius 3 is 3.10 bits per heavy atom. The second kappa shape index (κ2) is 4.48. The molecule has 1 N–H and O–H groups in total. The van der Waals surface area contributed by atoms with Crippen LogP contribution >= 0.6 is 0 Å². The number of benzene rings is 1. The van der Waals surface area contributed by atoms with Crippen LogP contribution in [0.2, 0.25) is 0 Å². The monoisotopic (exact) mass is 280 g/mol. The van der Waals surface area contributed by atoms with E-state index >= 15 is 0 Å². The summed E-state index contributed by atoms with van der Waals surface area (Å²) >= 11 is 0. The van der Waals surface area contributed by atoms with E-state index in [4.69, 9.17) is 4.74 Å². The largest absolute Gasteiger partial charge is 0.497 e. The summed E-state index contributed by atoms with van der Waals surface area (Å²) in [6.45, 7) is 3.06. The SMILES string of the molecule is COc1ccc2c(c1)C(C)Cn1c(nc3cccnc31)N2.